The van der Waals surface area contributed by atoms with Gasteiger partial charge in [0.25, 0.3) is 5.82 Å². The van der Waals surface area contributed by atoms with Gasteiger partial charge in [-0.15, -0.1) is 0 Å². The second-order valence-electron chi connectivity index (χ2n) is 7.03. The molecular weight excluding hydrogens is 483 g/mol. The summed E-state index contributed by atoms with van der Waals surface area (Å²) < 4.78 is 140. The van der Waals surface area contributed by atoms with Gasteiger partial charge in [0, 0.05) is 6.92 Å². The molecule has 1 rings (SSSR count). The summed E-state index contributed by atoms with van der Waals surface area (Å²) in [6.45, 7) is 5.62. The Balaban J connectivity index is 0.000000604. The van der Waals surface area contributed by atoms with E-state index >= 15 is 0 Å². The maximum Gasteiger partial charge on any atom is 0.460 e. The predicted octanol–water partition coefficient (Wildman–Crippen LogP) is 4.94. The zero-order valence-electron chi connectivity index (χ0n) is 17.5. The van der Waals surface area contributed by atoms with Crippen molar-refractivity contribution in [1.82, 2.24) is 4.57 Å². The number of unbranched alkanes of at least 4 members (excludes halogenated alkanes) is 5. The van der Waals surface area contributed by atoms with Crippen LogP contribution in [-0.2, 0) is 23.7 Å². The lowest BCUT2D eigenvalue weighted by atomic mass is 10.1. The first-order chi connectivity index (χ1) is 14.3. The number of imidazole rings is 1. The Hall–Kier alpha value is -1.51. The van der Waals surface area contributed by atoms with Gasteiger partial charge in [0.05, 0.1) is 13.6 Å². The summed E-state index contributed by atoms with van der Waals surface area (Å²) >= 11 is 0. The number of alkyl halides is 9. The van der Waals surface area contributed by atoms with E-state index in [0.717, 1.165) is 0 Å². The molecule has 0 saturated heterocycles. The van der Waals surface area contributed by atoms with Crippen LogP contribution in [0, 0.1) is 6.92 Å². The van der Waals surface area contributed by atoms with Gasteiger partial charge in [0.1, 0.15) is 12.4 Å². The van der Waals surface area contributed by atoms with Gasteiger partial charge in [0.2, 0.25) is 0 Å². The molecule has 0 aliphatic heterocycles. The van der Waals surface area contributed by atoms with Crippen LogP contribution >= 0.6 is 0 Å². The number of nitrogens with zero attached hydrogens (tertiary/aromatic N) is 2. The molecule has 0 fully saturated rings. The summed E-state index contributed by atoms with van der Waals surface area (Å²) in [6.07, 6.45) is 5.40. The van der Waals surface area contributed by atoms with Crippen LogP contribution in [-0.4, -0.2) is 40.8 Å². The van der Waals surface area contributed by atoms with Crippen LogP contribution in [0.4, 0.5) is 39.5 Å². The fraction of sp³-hybridized carbons (Fsp3) is 0.824. The van der Waals surface area contributed by atoms with Gasteiger partial charge < -0.3 is 4.55 Å². The molecule has 1 aromatic rings. The molecule has 0 radical (unpaired) electrons. The van der Waals surface area contributed by atoms with E-state index in [1.165, 1.54) is 50.9 Å². The third-order valence-corrected chi connectivity index (χ3v) is 5.46. The second kappa shape index (κ2) is 11.1. The Morgan fingerprint density at radius 3 is 1.75 bits per heavy atom. The van der Waals surface area contributed by atoms with Crippen LogP contribution in [0.1, 0.15) is 51.3 Å². The lowest BCUT2D eigenvalue weighted by molar-refractivity contribution is -0.677. The van der Waals surface area contributed by atoms with Gasteiger partial charge in [-0.1, -0.05) is 32.6 Å². The van der Waals surface area contributed by atoms with E-state index in [2.05, 4.69) is 42.4 Å². The Bertz CT molecular complexity index is 822. The molecule has 0 atom stereocenters. The van der Waals surface area contributed by atoms with Crippen LogP contribution in [0.2, 0.25) is 0 Å². The fourth-order valence-electron chi connectivity index (χ4n) is 2.42. The van der Waals surface area contributed by atoms with Crippen LogP contribution in [0.25, 0.3) is 0 Å². The first-order valence-electron chi connectivity index (χ1n) is 9.42. The highest BCUT2D eigenvalue weighted by atomic mass is 32.2. The van der Waals surface area contributed by atoms with Crippen LogP contribution < -0.4 is 4.57 Å². The summed E-state index contributed by atoms with van der Waals surface area (Å²) in [5.41, 5.74) is 0. The van der Waals surface area contributed by atoms with Crippen molar-refractivity contribution < 1.29 is 57.1 Å². The average molecular weight is 508 g/mol. The van der Waals surface area contributed by atoms with Crippen molar-refractivity contribution in [2.45, 2.75) is 82.2 Å². The van der Waals surface area contributed by atoms with Crippen molar-refractivity contribution in [1.29, 1.82) is 0 Å². The highest BCUT2D eigenvalue weighted by Crippen LogP contribution is 2.54. The number of aryl methyl sites for hydroxylation is 2. The molecule has 0 N–H and O–H groups in total. The van der Waals surface area contributed by atoms with Crippen LogP contribution in [0.5, 0.6) is 0 Å². The third kappa shape index (κ3) is 6.99. The highest BCUT2D eigenvalue weighted by molar-refractivity contribution is 7.86. The number of aromatic nitrogens is 2. The Labute approximate surface area is 180 Å². The van der Waals surface area contributed by atoms with Crippen molar-refractivity contribution in [2.75, 3.05) is 0 Å². The van der Waals surface area contributed by atoms with E-state index in [1.807, 2.05) is 0 Å². The SMILES string of the molecule is CCCCCCCCn1cc[n+](C)c1C.O=S(=O)([O-])C(F)(F)C(F)(F)C(F)(F)C(F)(F)F. The van der Waals surface area contributed by atoms with Crippen molar-refractivity contribution in [3.8, 4) is 0 Å². The minimum absolute atomic E-state index is 1.18. The summed E-state index contributed by atoms with van der Waals surface area (Å²) in [5, 5.41) is -7.11. The topological polar surface area (TPSA) is 66.0 Å². The van der Waals surface area contributed by atoms with Gasteiger partial charge in [0.15, 0.2) is 10.1 Å². The Morgan fingerprint density at radius 1 is 0.906 bits per heavy atom. The van der Waals surface area contributed by atoms with E-state index < -0.39 is 33.4 Å². The molecule has 0 saturated carbocycles. The molecule has 15 heteroatoms. The minimum Gasteiger partial charge on any atom is -0.743 e. The normalized spacial score (nSPS) is 13.7. The first-order valence-corrected chi connectivity index (χ1v) is 10.8. The van der Waals surface area contributed by atoms with Gasteiger partial charge >= 0.3 is 23.3 Å². The molecule has 0 spiro atoms. The molecule has 190 valence electrons. The largest absolute Gasteiger partial charge is 0.743 e. The van der Waals surface area contributed by atoms with Gasteiger partial charge in [-0.05, 0) is 12.8 Å². The monoisotopic (exact) mass is 508 g/mol. The number of rotatable bonds is 10. The minimum atomic E-state index is -7.43. The summed E-state index contributed by atoms with van der Waals surface area (Å²) in [6, 6.07) is 0. The molecule has 32 heavy (non-hydrogen) atoms. The maximum absolute atomic E-state index is 12.2. The van der Waals surface area contributed by atoms with Crippen LogP contribution in [0.15, 0.2) is 12.4 Å². The van der Waals surface area contributed by atoms with E-state index in [-0.39, 0.29) is 0 Å². The van der Waals surface area contributed by atoms with E-state index in [0.29, 0.717) is 0 Å². The molecule has 0 aliphatic carbocycles. The fourth-order valence-corrected chi connectivity index (χ4v) is 2.86. The molecule has 0 unspecified atom stereocenters. The number of hydrogen-bond acceptors (Lipinski definition) is 3. The van der Waals surface area contributed by atoms with Crippen LogP contribution in [0.3, 0.4) is 0 Å². The molecule has 1 aromatic heterocycles. The summed E-state index contributed by atoms with van der Waals surface area (Å²) in [5.74, 6) is -13.5. The molecule has 5 nitrogen and oxygen atoms in total. The summed E-state index contributed by atoms with van der Waals surface area (Å²) in [7, 11) is -5.31. The highest BCUT2D eigenvalue weighted by Gasteiger charge is 2.83. The molecule has 1 heterocycles. The zero-order valence-corrected chi connectivity index (χ0v) is 18.4. The maximum atomic E-state index is 12.2. The van der Waals surface area contributed by atoms with E-state index in [1.54, 1.807) is 0 Å². The quantitative estimate of drug-likeness (QED) is 0.195. The lowest BCUT2D eigenvalue weighted by Crippen LogP contribution is -2.63. The lowest BCUT2D eigenvalue weighted by Gasteiger charge is -2.34. The molecule has 0 aromatic carbocycles. The van der Waals surface area contributed by atoms with E-state index in [4.69, 9.17) is 0 Å². The second-order valence-corrected chi connectivity index (χ2v) is 8.46. The zero-order chi connectivity index (χ0) is 25.6. The molecule has 0 bridgehead atoms. The predicted molar refractivity (Wildman–Crippen MR) is 94.3 cm³/mol. The van der Waals surface area contributed by atoms with Crippen molar-refractivity contribution >= 4 is 10.1 Å². The van der Waals surface area contributed by atoms with Crippen molar-refractivity contribution in [3.05, 3.63) is 18.2 Å². The summed E-state index contributed by atoms with van der Waals surface area (Å²) in [4.78, 5) is 0. The third-order valence-electron chi connectivity index (χ3n) is 4.58. The standard InChI is InChI=1S/C13H25N2.C4HF9O3S/c1-4-5-6-7-8-9-10-15-12-11-14(3)13(15)2;5-1(6,3(9,10)11)2(7,8)4(12,13)17(14,15)16/h11-12H,4-10H2,1-3H3;(H,14,15,16)/q+1;/p-1. The Kier molecular flexibility index (Phi) is 10.6. The van der Waals surface area contributed by atoms with Crippen molar-refractivity contribution in [3.63, 3.8) is 0 Å². The van der Waals surface area contributed by atoms with Gasteiger partial charge in [-0.2, -0.15) is 39.5 Å². The molecule has 0 amide bonds. The van der Waals surface area contributed by atoms with Gasteiger partial charge in [-0.25, -0.2) is 17.6 Å². The first kappa shape index (κ1) is 30.5. The smallest absolute Gasteiger partial charge is 0.460 e. The van der Waals surface area contributed by atoms with Gasteiger partial charge in [-0.3, -0.25) is 0 Å². The number of halogens is 9. The Morgan fingerprint density at radius 2 is 1.38 bits per heavy atom. The number of hydrogen-bond donors (Lipinski definition) is 0. The molecular formula is C17H25F9N2O3S. The molecule has 0 aliphatic rings. The van der Waals surface area contributed by atoms with E-state index in [9.17, 15) is 52.5 Å². The van der Waals surface area contributed by atoms with Crippen molar-refractivity contribution in [2.24, 2.45) is 7.05 Å². The average Bonchev–Trinajstić information content (AvgIpc) is 2.95.